The predicted molar refractivity (Wildman–Crippen MR) is 92.8 cm³/mol. The van der Waals surface area contributed by atoms with Crippen LogP contribution in [-0.2, 0) is 23.9 Å². The summed E-state index contributed by atoms with van der Waals surface area (Å²) in [6.45, 7) is 1.00. The van der Waals surface area contributed by atoms with Gasteiger partial charge in [0.05, 0.1) is 11.8 Å². The van der Waals surface area contributed by atoms with Crippen molar-refractivity contribution >= 4 is 29.4 Å². The van der Waals surface area contributed by atoms with Gasteiger partial charge in [0, 0.05) is 5.69 Å². The number of carbonyl (C=O) groups is 4. The number of carbonyl (C=O) groups excluding carboxylic acids is 4. The number of nitrogens with one attached hydrogen (secondary N) is 1. The van der Waals surface area contributed by atoms with Gasteiger partial charge >= 0.3 is 5.97 Å². The molecule has 0 radical (unpaired) electrons. The molecule has 0 bridgehead atoms. The van der Waals surface area contributed by atoms with Gasteiger partial charge in [-0.3, -0.25) is 24.1 Å². The summed E-state index contributed by atoms with van der Waals surface area (Å²) >= 11 is 0. The molecule has 1 aliphatic carbocycles. The number of hydrogen-bond donors (Lipinski definition) is 1. The van der Waals surface area contributed by atoms with Gasteiger partial charge in [-0.1, -0.05) is 29.8 Å². The highest BCUT2D eigenvalue weighted by Crippen LogP contribution is 2.34. The fourth-order valence-corrected chi connectivity index (χ4v) is 3.18. The zero-order chi connectivity index (χ0) is 18.7. The van der Waals surface area contributed by atoms with Gasteiger partial charge in [0.25, 0.3) is 5.91 Å². The zero-order valence-corrected chi connectivity index (χ0v) is 14.4. The number of benzene rings is 1. The number of amides is 3. The average molecular weight is 356 g/mol. The number of hydrogen-bond acceptors (Lipinski definition) is 5. The third-order valence-corrected chi connectivity index (χ3v) is 4.59. The smallest absolute Gasteiger partial charge is 0.326 e. The minimum Gasteiger partial charge on any atom is -0.454 e. The Labute approximate surface area is 151 Å². The van der Waals surface area contributed by atoms with Gasteiger partial charge < -0.3 is 10.1 Å². The van der Waals surface area contributed by atoms with Crippen LogP contribution in [0.25, 0.3) is 0 Å². The molecule has 1 heterocycles. The number of rotatable bonds is 5. The van der Waals surface area contributed by atoms with E-state index in [1.807, 2.05) is 31.2 Å². The van der Waals surface area contributed by atoms with Gasteiger partial charge in [0.1, 0.15) is 6.54 Å². The lowest BCUT2D eigenvalue weighted by atomic mass is 9.85. The minimum atomic E-state index is -0.780. The first-order chi connectivity index (χ1) is 12.5. The maximum absolute atomic E-state index is 12.3. The number of anilines is 1. The van der Waals surface area contributed by atoms with Crippen molar-refractivity contribution < 1.29 is 23.9 Å². The summed E-state index contributed by atoms with van der Waals surface area (Å²) < 4.78 is 4.90. The van der Waals surface area contributed by atoms with E-state index in [1.54, 1.807) is 12.1 Å². The first-order valence-corrected chi connectivity index (χ1v) is 8.48. The first-order valence-electron chi connectivity index (χ1n) is 8.48. The number of ether oxygens (including phenoxy) is 1. The predicted octanol–water partition coefficient (Wildman–Crippen LogP) is 1.43. The number of aryl methyl sites for hydroxylation is 1. The van der Waals surface area contributed by atoms with E-state index in [0.29, 0.717) is 18.5 Å². The highest BCUT2D eigenvalue weighted by Gasteiger charge is 2.47. The van der Waals surface area contributed by atoms with E-state index in [0.717, 1.165) is 10.5 Å². The molecular weight excluding hydrogens is 336 g/mol. The van der Waals surface area contributed by atoms with Crippen LogP contribution in [0.2, 0.25) is 0 Å². The van der Waals surface area contributed by atoms with Crippen molar-refractivity contribution in [2.24, 2.45) is 11.8 Å². The van der Waals surface area contributed by atoms with Crippen LogP contribution < -0.4 is 5.32 Å². The van der Waals surface area contributed by atoms with E-state index in [2.05, 4.69) is 5.32 Å². The van der Waals surface area contributed by atoms with Crippen LogP contribution in [0.5, 0.6) is 0 Å². The van der Waals surface area contributed by atoms with Gasteiger partial charge in [0.2, 0.25) is 11.8 Å². The normalized spacial score (nSPS) is 21.5. The number of esters is 1. The van der Waals surface area contributed by atoms with Crippen molar-refractivity contribution in [2.45, 2.75) is 19.8 Å². The summed E-state index contributed by atoms with van der Waals surface area (Å²) in [6, 6.07) is 7.18. The van der Waals surface area contributed by atoms with Crippen LogP contribution in [0.15, 0.2) is 36.4 Å². The van der Waals surface area contributed by atoms with Crippen molar-refractivity contribution in [3.05, 3.63) is 42.0 Å². The second-order valence-corrected chi connectivity index (χ2v) is 6.49. The maximum atomic E-state index is 12.3. The molecule has 3 rings (SSSR count). The molecule has 0 spiro atoms. The average Bonchev–Trinajstić information content (AvgIpc) is 2.87. The molecule has 0 unspecified atom stereocenters. The summed E-state index contributed by atoms with van der Waals surface area (Å²) in [5.41, 5.74) is 1.66. The standard InChI is InChI=1S/C19H20N2O5/c1-12-6-8-13(9-7-12)20-16(22)11-26-17(23)10-21-18(24)14-4-2-3-5-15(14)19(21)25/h2-3,6-9,14-15H,4-5,10-11H2,1H3,(H,20,22)/t14-,15-/m0/s1. The Morgan fingerprint density at radius 1 is 1.08 bits per heavy atom. The summed E-state index contributed by atoms with van der Waals surface area (Å²) in [6.07, 6.45) is 4.78. The summed E-state index contributed by atoms with van der Waals surface area (Å²) in [7, 11) is 0. The van der Waals surface area contributed by atoms with Crippen molar-refractivity contribution in [3.63, 3.8) is 0 Å². The minimum absolute atomic E-state index is 0.342. The van der Waals surface area contributed by atoms with Gasteiger partial charge in [-0.15, -0.1) is 0 Å². The van der Waals surface area contributed by atoms with Gasteiger partial charge in [-0.2, -0.15) is 0 Å². The second-order valence-electron chi connectivity index (χ2n) is 6.49. The molecule has 26 heavy (non-hydrogen) atoms. The van der Waals surface area contributed by atoms with Crippen molar-refractivity contribution in [2.75, 3.05) is 18.5 Å². The van der Waals surface area contributed by atoms with Crippen molar-refractivity contribution in [1.82, 2.24) is 4.90 Å². The van der Waals surface area contributed by atoms with Crippen LogP contribution in [-0.4, -0.2) is 41.7 Å². The number of likely N-dealkylation sites (tertiary alicyclic amines) is 1. The van der Waals surface area contributed by atoms with Gasteiger partial charge in [-0.05, 0) is 31.9 Å². The van der Waals surface area contributed by atoms with Gasteiger partial charge in [0.15, 0.2) is 6.61 Å². The molecule has 0 aromatic heterocycles. The summed E-state index contributed by atoms with van der Waals surface area (Å²) in [5, 5.41) is 2.60. The lowest BCUT2D eigenvalue weighted by molar-refractivity contribution is -0.154. The molecule has 1 aromatic rings. The maximum Gasteiger partial charge on any atom is 0.326 e. The van der Waals surface area contributed by atoms with E-state index in [9.17, 15) is 19.2 Å². The number of allylic oxidation sites excluding steroid dienone is 2. The second kappa shape index (κ2) is 7.51. The van der Waals surface area contributed by atoms with E-state index in [1.165, 1.54) is 0 Å². The molecule has 1 N–H and O–H groups in total. The largest absolute Gasteiger partial charge is 0.454 e. The number of fused-ring (bicyclic) bond motifs is 1. The monoisotopic (exact) mass is 356 g/mol. The molecule has 2 atom stereocenters. The summed E-state index contributed by atoms with van der Waals surface area (Å²) in [5.74, 6) is -2.72. The van der Waals surface area contributed by atoms with Crippen LogP contribution in [0, 0.1) is 18.8 Å². The Bertz CT molecular complexity index is 743. The Morgan fingerprint density at radius 3 is 2.23 bits per heavy atom. The van der Waals surface area contributed by atoms with E-state index >= 15 is 0 Å². The molecule has 136 valence electrons. The highest BCUT2D eigenvalue weighted by molar-refractivity contribution is 6.07. The molecule has 1 fully saturated rings. The lowest BCUT2D eigenvalue weighted by Crippen LogP contribution is -2.37. The fourth-order valence-electron chi connectivity index (χ4n) is 3.18. The summed E-state index contributed by atoms with van der Waals surface area (Å²) in [4.78, 5) is 49.3. The molecule has 1 aliphatic heterocycles. The highest BCUT2D eigenvalue weighted by atomic mass is 16.5. The topological polar surface area (TPSA) is 92.8 Å². The van der Waals surface area contributed by atoms with E-state index < -0.39 is 25.0 Å². The van der Waals surface area contributed by atoms with Crippen LogP contribution in [0.3, 0.4) is 0 Å². The third kappa shape index (κ3) is 3.82. The van der Waals surface area contributed by atoms with Crippen LogP contribution in [0.1, 0.15) is 18.4 Å². The molecular formula is C19H20N2O5. The zero-order valence-electron chi connectivity index (χ0n) is 14.4. The van der Waals surface area contributed by atoms with Crippen LogP contribution >= 0.6 is 0 Å². The molecule has 2 aliphatic rings. The fraction of sp³-hybridized carbons (Fsp3) is 0.368. The van der Waals surface area contributed by atoms with Crippen molar-refractivity contribution in [3.8, 4) is 0 Å². The molecule has 1 aromatic carbocycles. The Morgan fingerprint density at radius 2 is 1.65 bits per heavy atom. The molecule has 0 saturated carbocycles. The van der Waals surface area contributed by atoms with E-state index in [4.69, 9.17) is 4.74 Å². The SMILES string of the molecule is Cc1ccc(NC(=O)COC(=O)CN2C(=O)[C@H]3CC=CC[C@@H]3C2=O)cc1. The number of imide groups is 1. The third-order valence-electron chi connectivity index (χ3n) is 4.59. The Hall–Kier alpha value is -2.96. The molecule has 3 amide bonds. The van der Waals surface area contributed by atoms with Gasteiger partial charge in [-0.25, -0.2) is 0 Å². The molecule has 7 nitrogen and oxygen atoms in total. The number of nitrogens with zero attached hydrogens (tertiary/aromatic N) is 1. The quantitative estimate of drug-likeness (QED) is 0.489. The Kier molecular flexibility index (Phi) is 5.16. The first kappa shape index (κ1) is 17.8. The Balaban J connectivity index is 1.48. The van der Waals surface area contributed by atoms with E-state index in [-0.39, 0.29) is 23.7 Å². The molecule has 7 heteroatoms. The van der Waals surface area contributed by atoms with Crippen LogP contribution in [0.4, 0.5) is 5.69 Å². The lowest BCUT2D eigenvalue weighted by Gasteiger charge is -2.14. The van der Waals surface area contributed by atoms with Crippen molar-refractivity contribution in [1.29, 1.82) is 0 Å². The molecule has 1 saturated heterocycles.